The topological polar surface area (TPSA) is 102 Å². The first-order chi connectivity index (χ1) is 13.4. The molecule has 0 aliphatic carbocycles. The van der Waals surface area contributed by atoms with Gasteiger partial charge in [-0.25, -0.2) is 5.43 Å². The zero-order valence-electron chi connectivity index (χ0n) is 14.9. The van der Waals surface area contributed by atoms with Gasteiger partial charge in [0.25, 0.3) is 5.91 Å². The number of hydrogen-bond acceptors (Lipinski definition) is 5. The highest BCUT2D eigenvalue weighted by atomic mass is 79.9. The van der Waals surface area contributed by atoms with E-state index in [-0.39, 0.29) is 11.4 Å². The van der Waals surface area contributed by atoms with Crippen LogP contribution in [0.4, 0.5) is 5.69 Å². The molecule has 0 bridgehead atoms. The summed E-state index contributed by atoms with van der Waals surface area (Å²) in [5.41, 5.74) is 4.34. The molecule has 0 unspecified atom stereocenters. The van der Waals surface area contributed by atoms with Crippen molar-refractivity contribution in [2.45, 2.75) is 13.5 Å². The molecule has 28 heavy (non-hydrogen) atoms. The fraction of sp³-hybridized carbons (Fsp3) is 0.105. The normalized spacial score (nSPS) is 10.9. The predicted octanol–water partition coefficient (Wildman–Crippen LogP) is 3.67. The highest BCUT2D eigenvalue weighted by Gasteiger charge is 2.25. The molecule has 0 saturated carbocycles. The van der Waals surface area contributed by atoms with E-state index in [0.29, 0.717) is 6.54 Å². The van der Waals surface area contributed by atoms with E-state index in [9.17, 15) is 14.9 Å². The van der Waals surface area contributed by atoms with Crippen LogP contribution in [0.3, 0.4) is 0 Å². The third kappa shape index (κ3) is 4.68. The van der Waals surface area contributed by atoms with E-state index in [2.05, 4.69) is 31.6 Å². The Morgan fingerprint density at radius 2 is 2.11 bits per heavy atom. The highest BCUT2D eigenvalue weighted by Crippen LogP contribution is 2.19. The maximum Gasteiger partial charge on any atom is 0.320 e. The summed E-state index contributed by atoms with van der Waals surface area (Å²) in [4.78, 5) is 23.0. The first-order valence-electron chi connectivity index (χ1n) is 8.29. The molecule has 1 N–H and O–H groups in total. The second-order valence-electron chi connectivity index (χ2n) is 6.00. The van der Waals surface area contributed by atoms with Crippen LogP contribution in [0, 0.1) is 17.0 Å². The van der Waals surface area contributed by atoms with Crippen molar-refractivity contribution in [2.24, 2.45) is 5.10 Å². The maximum atomic E-state index is 12.4. The molecule has 8 nitrogen and oxygen atoms in total. The summed E-state index contributed by atoms with van der Waals surface area (Å²) >= 11 is 3.38. The van der Waals surface area contributed by atoms with E-state index in [1.807, 2.05) is 55.5 Å². The van der Waals surface area contributed by atoms with Crippen LogP contribution in [0.1, 0.15) is 27.2 Å². The number of benzene rings is 2. The molecule has 2 aromatic carbocycles. The third-order valence-electron chi connectivity index (χ3n) is 3.95. The molecule has 1 heterocycles. The van der Waals surface area contributed by atoms with Gasteiger partial charge in [0.1, 0.15) is 6.20 Å². The van der Waals surface area contributed by atoms with Crippen LogP contribution in [-0.4, -0.2) is 26.8 Å². The van der Waals surface area contributed by atoms with Gasteiger partial charge in [-0.3, -0.25) is 19.6 Å². The Morgan fingerprint density at radius 1 is 1.32 bits per heavy atom. The molecule has 0 fully saturated rings. The molecule has 142 valence electrons. The summed E-state index contributed by atoms with van der Waals surface area (Å²) in [6.45, 7) is 2.21. The fourth-order valence-electron chi connectivity index (χ4n) is 2.55. The SMILES string of the molecule is Cc1ccccc1C=NNC(=O)c1nn(Cc2cccc(Br)c2)cc1[N+](=O)[O-]. The standard InChI is InChI=1S/C19H16BrN5O3/c1-13-5-2-3-7-15(13)10-21-22-19(26)18-17(25(27)28)12-24(23-18)11-14-6-4-8-16(20)9-14/h2-10,12H,11H2,1H3,(H,22,26). The Labute approximate surface area is 169 Å². The van der Waals surface area contributed by atoms with Crippen molar-refractivity contribution in [2.75, 3.05) is 0 Å². The number of nitro groups is 1. The van der Waals surface area contributed by atoms with Gasteiger partial charge in [-0.05, 0) is 35.7 Å². The van der Waals surface area contributed by atoms with E-state index in [0.717, 1.165) is 21.2 Å². The summed E-state index contributed by atoms with van der Waals surface area (Å²) < 4.78 is 2.25. The Balaban J connectivity index is 1.78. The minimum atomic E-state index is -0.746. The maximum absolute atomic E-state index is 12.4. The summed E-state index contributed by atoms with van der Waals surface area (Å²) in [6.07, 6.45) is 2.72. The summed E-state index contributed by atoms with van der Waals surface area (Å²) in [6, 6.07) is 15.0. The number of nitrogens with zero attached hydrogens (tertiary/aromatic N) is 4. The second kappa shape index (κ2) is 8.57. The molecule has 0 atom stereocenters. The third-order valence-corrected chi connectivity index (χ3v) is 4.44. The molecule has 0 saturated heterocycles. The number of carbonyl (C=O) groups is 1. The van der Waals surface area contributed by atoms with Gasteiger partial charge in [0.05, 0.1) is 17.7 Å². The zero-order chi connectivity index (χ0) is 20.1. The minimum Gasteiger partial charge on any atom is -0.265 e. The lowest BCUT2D eigenvalue weighted by molar-refractivity contribution is -0.385. The van der Waals surface area contributed by atoms with Crippen LogP contribution in [0.15, 0.2) is 64.3 Å². The number of halogens is 1. The Morgan fingerprint density at radius 3 is 2.82 bits per heavy atom. The van der Waals surface area contributed by atoms with Crippen LogP contribution in [0.25, 0.3) is 0 Å². The van der Waals surface area contributed by atoms with Crippen LogP contribution in [-0.2, 0) is 6.54 Å². The quantitative estimate of drug-likeness (QED) is 0.358. The molecular formula is C19H16BrN5O3. The molecule has 1 amide bonds. The van der Waals surface area contributed by atoms with Crippen molar-refractivity contribution in [1.82, 2.24) is 15.2 Å². The van der Waals surface area contributed by atoms with Gasteiger partial charge in [0.2, 0.25) is 5.69 Å². The van der Waals surface area contributed by atoms with Crippen molar-refractivity contribution >= 4 is 33.7 Å². The van der Waals surface area contributed by atoms with Gasteiger partial charge in [0, 0.05) is 4.47 Å². The number of amides is 1. The number of rotatable bonds is 6. The molecule has 0 radical (unpaired) electrons. The monoisotopic (exact) mass is 441 g/mol. The summed E-state index contributed by atoms with van der Waals surface area (Å²) in [5, 5.41) is 19.3. The highest BCUT2D eigenvalue weighted by molar-refractivity contribution is 9.10. The largest absolute Gasteiger partial charge is 0.320 e. The number of carbonyl (C=O) groups excluding carboxylic acids is 1. The Bertz CT molecular complexity index is 1060. The minimum absolute atomic E-state index is 0.290. The molecule has 3 rings (SSSR count). The van der Waals surface area contributed by atoms with Gasteiger partial charge in [-0.2, -0.15) is 10.2 Å². The van der Waals surface area contributed by atoms with Crippen molar-refractivity contribution in [1.29, 1.82) is 0 Å². The first kappa shape index (κ1) is 19.4. The van der Waals surface area contributed by atoms with E-state index < -0.39 is 10.8 Å². The van der Waals surface area contributed by atoms with E-state index in [4.69, 9.17) is 0 Å². The molecule has 0 aliphatic heterocycles. The number of hydrogen-bond donors (Lipinski definition) is 1. The molecule has 9 heteroatoms. The molecule has 3 aromatic rings. The van der Waals surface area contributed by atoms with Gasteiger partial charge >= 0.3 is 5.69 Å². The lowest BCUT2D eigenvalue weighted by atomic mass is 10.1. The van der Waals surface area contributed by atoms with Crippen molar-refractivity contribution in [3.8, 4) is 0 Å². The summed E-state index contributed by atoms with van der Waals surface area (Å²) in [7, 11) is 0. The number of aromatic nitrogens is 2. The van der Waals surface area contributed by atoms with E-state index in [1.54, 1.807) is 0 Å². The van der Waals surface area contributed by atoms with E-state index in [1.165, 1.54) is 17.1 Å². The Hall–Kier alpha value is -3.33. The number of hydrazone groups is 1. The molecular weight excluding hydrogens is 426 g/mol. The van der Waals surface area contributed by atoms with Gasteiger partial charge < -0.3 is 0 Å². The zero-order valence-corrected chi connectivity index (χ0v) is 16.5. The van der Waals surface area contributed by atoms with Gasteiger partial charge in [-0.1, -0.05) is 52.3 Å². The van der Waals surface area contributed by atoms with Crippen LogP contribution in [0.5, 0.6) is 0 Å². The van der Waals surface area contributed by atoms with Crippen molar-refractivity contribution in [3.63, 3.8) is 0 Å². The van der Waals surface area contributed by atoms with Crippen molar-refractivity contribution in [3.05, 3.63) is 91.7 Å². The number of nitrogens with one attached hydrogen (secondary N) is 1. The lowest BCUT2D eigenvalue weighted by Crippen LogP contribution is -2.20. The van der Waals surface area contributed by atoms with Crippen LogP contribution < -0.4 is 5.43 Å². The lowest BCUT2D eigenvalue weighted by Gasteiger charge is -2.02. The first-order valence-corrected chi connectivity index (χ1v) is 9.08. The fourth-order valence-corrected chi connectivity index (χ4v) is 3.00. The number of aryl methyl sites for hydroxylation is 1. The molecule has 0 spiro atoms. The van der Waals surface area contributed by atoms with Crippen LogP contribution in [0.2, 0.25) is 0 Å². The second-order valence-corrected chi connectivity index (χ2v) is 6.92. The smallest absolute Gasteiger partial charge is 0.265 e. The average Bonchev–Trinajstić information content (AvgIpc) is 3.07. The Kier molecular flexibility index (Phi) is 5.95. The van der Waals surface area contributed by atoms with Crippen LogP contribution >= 0.6 is 15.9 Å². The summed E-state index contributed by atoms with van der Waals surface area (Å²) in [5.74, 6) is -0.746. The predicted molar refractivity (Wildman–Crippen MR) is 108 cm³/mol. The van der Waals surface area contributed by atoms with Gasteiger partial charge in [0.15, 0.2) is 0 Å². The van der Waals surface area contributed by atoms with Crippen molar-refractivity contribution < 1.29 is 9.72 Å². The van der Waals surface area contributed by atoms with E-state index >= 15 is 0 Å². The molecule has 1 aromatic heterocycles. The van der Waals surface area contributed by atoms with Gasteiger partial charge in [-0.15, -0.1) is 0 Å². The molecule has 0 aliphatic rings. The average molecular weight is 442 g/mol.